The molecule has 1 N–H and O–H groups in total. The van der Waals surface area contributed by atoms with E-state index in [9.17, 15) is 0 Å². The molecule has 94 valence electrons. The lowest BCUT2D eigenvalue weighted by molar-refractivity contribution is 0.171. The van der Waals surface area contributed by atoms with E-state index in [1.54, 1.807) is 0 Å². The zero-order chi connectivity index (χ0) is 12.5. The quantitative estimate of drug-likeness (QED) is 0.835. The van der Waals surface area contributed by atoms with Crippen LogP contribution in [0.1, 0.15) is 12.5 Å². The normalized spacial score (nSPS) is 25.9. The predicted octanol–water partition coefficient (Wildman–Crippen LogP) is 1.50. The van der Waals surface area contributed by atoms with Crippen molar-refractivity contribution in [2.45, 2.75) is 12.5 Å². The van der Waals surface area contributed by atoms with Crippen LogP contribution in [0.5, 0.6) is 0 Å². The summed E-state index contributed by atoms with van der Waals surface area (Å²) in [4.78, 5) is 4.52. The van der Waals surface area contributed by atoms with Gasteiger partial charge in [0, 0.05) is 39.4 Å². The summed E-state index contributed by atoms with van der Waals surface area (Å²) in [6.45, 7) is 5.54. The maximum Gasteiger partial charge on any atom is 0.0535 e. The third kappa shape index (κ3) is 2.61. The fourth-order valence-electron chi connectivity index (χ4n) is 2.52. The lowest BCUT2D eigenvalue weighted by Gasteiger charge is -2.40. The van der Waals surface area contributed by atoms with Crippen LogP contribution in [0.15, 0.2) is 24.3 Å². The third-order valence-corrected chi connectivity index (χ3v) is 3.62. The Hall–Kier alpha value is -1.06. The lowest BCUT2D eigenvalue weighted by Crippen LogP contribution is -2.55. The minimum Gasteiger partial charge on any atom is -0.378 e. The van der Waals surface area contributed by atoms with Crippen molar-refractivity contribution in [1.82, 2.24) is 10.2 Å². The molecule has 1 unspecified atom stereocenters. The summed E-state index contributed by atoms with van der Waals surface area (Å²) in [5.74, 6) is 0. The first-order chi connectivity index (χ1) is 8.01. The molecule has 0 saturated carbocycles. The fraction of sp³-hybridized carbons (Fsp3) is 0.571. The molecule has 0 amide bonds. The van der Waals surface area contributed by atoms with Gasteiger partial charge in [-0.1, -0.05) is 12.1 Å². The topological polar surface area (TPSA) is 18.5 Å². The highest BCUT2D eigenvalue weighted by Crippen LogP contribution is 2.25. The van der Waals surface area contributed by atoms with Gasteiger partial charge in [-0.3, -0.25) is 0 Å². The monoisotopic (exact) mass is 233 g/mol. The molecule has 3 nitrogen and oxygen atoms in total. The van der Waals surface area contributed by atoms with E-state index in [1.807, 2.05) is 0 Å². The molecular weight excluding hydrogens is 210 g/mol. The minimum absolute atomic E-state index is 0.0812. The van der Waals surface area contributed by atoms with Crippen LogP contribution in [-0.2, 0) is 5.54 Å². The summed E-state index contributed by atoms with van der Waals surface area (Å²) in [5, 5.41) is 3.64. The molecule has 1 fully saturated rings. The van der Waals surface area contributed by atoms with Gasteiger partial charge >= 0.3 is 0 Å². The SMILES string of the molecule is CN1CCNC(C)(c2ccc(N(C)C)cc2)C1. The van der Waals surface area contributed by atoms with Crippen LogP contribution in [0.2, 0.25) is 0 Å². The second-order valence-corrected chi connectivity index (χ2v) is 5.44. The van der Waals surface area contributed by atoms with E-state index in [0.717, 1.165) is 19.6 Å². The number of hydrogen-bond acceptors (Lipinski definition) is 3. The lowest BCUT2D eigenvalue weighted by atomic mass is 9.89. The first-order valence-corrected chi connectivity index (χ1v) is 6.23. The van der Waals surface area contributed by atoms with Gasteiger partial charge in [-0.15, -0.1) is 0 Å². The third-order valence-electron chi connectivity index (χ3n) is 3.62. The van der Waals surface area contributed by atoms with Gasteiger partial charge in [-0.05, 0) is 31.7 Å². The van der Waals surface area contributed by atoms with Crippen molar-refractivity contribution in [3.63, 3.8) is 0 Å². The van der Waals surface area contributed by atoms with Crippen molar-refractivity contribution in [3.8, 4) is 0 Å². The number of likely N-dealkylation sites (N-methyl/N-ethyl adjacent to an activating group) is 1. The molecule has 0 radical (unpaired) electrons. The summed E-state index contributed by atoms with van der Waals surface area (Å²) in [6.07, 6.45) is 0. The smallest absolute Gasteiger partial charge is 0.0535 e. The van der Waals surface area contributed by atoms with Gasteiger partial charge in [0.2, 0.25) is 0 Å². The molecule has 1 saturated heterocycles. The number of hydrogen-bond donors (Lipinski definition) is 1. The fourth-order valence-corrected chi connectivity index (χ4v) is 2.52. The van der Waals surface area contributed by atoms with Crippen molar-refractivity contribution < 1.29 is 0 Å². The first kappa shape index (κ1) is 12.4. The maximum absolute atomic E-state index is 3.64. The van der Waals surface area contributed by atoms with Crippen molar-refractivity contribution in [3.05, 3.63) is 29.8 Å². The number of nitrogens with one attached hydrogen (secondary N) is 1. The Balaban J connectivity index is 2.21. The van der Waals surface area contributed by atoms with Gasteiger partial charge in [0.1, 0.15) is 0 Å². The van der Waals surface area contributed by atoms with Gasteiger partial charge < -0.3 is 15.1 Å². The zero-order valence-corrected chi connectivity index (χ0v) is 11.3. The minimum atomic E-state index is 0.0812. The standard InChI is InChI=1S/C14H23N3/c1-14(11-17(4)10-9-15-14)12-5-7-13(8-6-12)16(2)3/h5-8,15H,9-11H2,1-4H3. The van der Waals surface area contributed by atoms with Gasteiger partial charge in [-0.2, -0.15) is 0 Å². The maximum atomic E-state index is 3.64. The molecule has 1 aliphatic heterocycles. The molecule has 1 aromatic rings. The molecule has 0 aromatic heterocycles. The zero-order valence-electron chi connectivity index (χ0n) is 11.3. The molecule has 3 heteroatoms. The molecule has 0 aliphatic carbocycles. The van der Waals surface area contributed by atoms with Crippen molar-refractivity contribution >= 4 is 5.69 Å². The molecular formula is C14H23N3. The van der Waals surface area contributed by atoms with Crippen molar-refractivity contribution in [1.29, 1.82) is 0 Å². The summed E-state index contributed by atoms with van der Waals surface area (Å²) < 4.78 is 0. The molecule has 0 spiro atoms. The number of nitrogens with zero attached hydrogens (tertiary/aromatic N) is 2. The van der Waals surface area contributed by atoms with Crippen molar-refractivity contribution in [2.75, 3.05) is 45.7 Å². The van der Waals surface area contributed by atoms with Crippen LogP contribution >= 0.6 is 0 Å². The molecule has 0 bridgehead atoms. The number of rotatable bonds is 2. The van der Waals surface area contributed by atoms with E-state index in [1.165, 1.54) is 11.3 Å². The van der Waals surface area contributed by atoms with Gasteiger partial charge in [-0.25, -0.2) is 0 Å². The van der Waals surface area contributed by atoms with Crippen LogP contribution in [0.4, 0.5) is 5.69 Å². The van der Waals surface area contributed by atoms with E-state index in [2.05, 4.69) is 67.4 Å². The second-order valence-electron chi connectivity index (χ2n) is 5.44. The Morgan fingerprint density at radius 1 is 1.24 bits per heavy atom. The summed E-state index contributed by atoms with van der Waals surface area (Å²) >= 11 is 0. The Morgan fingerprint density at radius 3 is 2.41 bits per heavy atom. The highest BCUT2D eigenvalue weighted by atomic mass is 15.2. The summed E-state index contributed by atoms with van der Waals surface area (Å²) in [5.41, 5.74) is 2.70. The molecule has 1 heterocycles. The number of piperazine rings is 1. The van der Waals surface area contributed by atoms with E-state index < -0.39 is 0 Å². The Morgan fingerprint density at radius 2 is 1.88 bits per heavy atom. The van der Waals surface area contributed by atoms with E-state index in [4.69, 9.17) is 0 Å². The van der Waals surface area contributed by atoms with E-state index in [-0.39, 0.29) is 5.54 Å². The first-order valence-electron chi connectivity index (χ1n) is 6.23. The van der Waals surface area contributed by atoms with Crippen LogP contribution in [0.3, 0.4) is 0 Å². The summed E-state index contributed by atoms with van der Waals surface area (Å²) in [7, 11) is 6.33. The van der Waals surface area contributed by atoms with Crippen LogP contribution < -0.4 is 10.2 Å². The highest BCUT2D eigenvalue weighted by Gasteiger charge is 2.30. The van der Waals surface area contributed by atoms with Gasteiger partial charge in [0.15, 0.2) is 0 Å². The van der Waals surface area contributed by atoms with E-state index in [0.29, 0.717) is 0 Å². The average Bonchev–Trinajstić information content (AvgIpc) is 2.29. The van der Waals surface area contributed by atoms with Crippen LogP contribution in [0.25, 0.3) is 0 Å². The average molecular weight is 233 g/mol. The molecule has 2 rings (SSSR count). The molecule has 17 heavy (non-hydrogen) atoms. The largest absolute Gasteiger partial charge is 0.378 e. The second kappa shape index (κ2) is 4.67. The molecule has 1 atom stereocenters. The predicted molar refractivity (Wildman–Crippen MR) is 73.6 cm³/mol. The van der Waals surface area contributed by atoms with Gasteiger partial charge in [0.25, 0.3) is 0 Å². The number of benzene rings is 1. The van der Waals surface area contributed by atoms with Crippen molar-refractivity contribution in [2.24, 2.45) is 0 Å². The Kier molecular flexibility index (Phi) is 3.40. The van der Waals surface area contributed by atoms with Crippen LogP contribution in [0, 0.1) is 0 Å². The molecule has 1 aliphatic rings. The Labute approximate surface area is 104 Å². The summed E-state index contributed by atoms with van der Waals surface area (Å²) in [6, 6.07) is 8.86. The molecule has 1 aromatic carbocycles. The van der Waals surface area contributed by atoms with Crippen LogP contribution in [-0.4, -0.2) is 45.7 Å². The van der Waals surface area contributed by atoms with E-state index >= 15 is 0 Å². The van der Waals surface area contributed by atoms with Gasteiger partial charge in [0.05, 0.1) is 5.54 Å². The Bertz CT molecular complexity index is 372. The number of anilines is 1. The highest BCUT2D eigenvalue weighted by molar-refractivity contribution is 5.47.